The maximum Gasteiger partial charge on any atom is 0.307 e. The molecule has 2 N–H and O–H groups in total. The van der Waals surface area contributed by atoms with Gasteiger partial charge in [0.05, 0.1) is 18.7 Å². The quantitative estimate of drug-likeness (QED) is 0.738. The second-order valence-corrected chi connectivity index (χ2v) is 7.08. The van der Waals surface area contributed by atoms with Gasteiger partial charge in [0.1, 0.15) is 0 Å². The number of hydrogen-bond donors (Lipinski definition) is 2. The molecular weight excluding hydrogens is 314 g/mol. The number of aliphatic carboxylic acids is 1. The Morgan fingerprint density at radius 1 is 1.04 bits per heavy atom. The summed E-state index contributed by atoms with van der Waals surface area (Å²) in [5.74, 6) is -0.834. The van der Waals surface area contributed by atoms with E-state index in [2.05, 4.69) is 45.0 Å². The highest BCUT2D eigenvalue weighted by molar-refractivity contribution is 5.70. The van der Waals surface area contributed by atoms with Crippen molar-refractivity contribution in [2.45, 2.75) is 39.2 Å². The van der Waals surface area contributed by atoms with Gasteiger partial charge in [-0.1, -0.05) is 75.9 Å². The van der Waals surface area contributed by atoms with Crippen molar-refractivity contribution in [2.75, 3.05) is 0 Å². The molecule has 0 saturated carbocycles. The molecule has 0 fully saturated rings. The summed E-state index contributed by atoms with van der Waals surface area (Å²) < 4.78 is 0. The van der Waals surface area contributed by atoms with Crippen LogP contribution in [0.5, 0.6) is 0 Å². The van der Waals surface area contributed by atoms with Crippen LogP contribution in [0.4, 0.5) is 0 Å². The Bertz CT molecular complexity index is 725. The van der Waals surface area contributed by atoms with Gasteiger partial charge in [-0.2, -0.15) is 0 Å². The zero-order chi connectivity index (χ0) is 18.4. The molecule has 0 unspecified atom stereocenters. The highest BCUT2D eigenvalue weighted by Crippen LogP contribution is 2.23. The molecule has 0 heterocycles. The molecule has 0 aliphatic rings. The average Bonchev–Trinajstić information content (AvgIpc) is 2.55. The lowest BCUT2D eigenvalue weighted by atomic mass is 9.86. The number of rotatable bonds is 7. The number of nitrogens with one attached hydrogen (secondary N) is 1. The van der Waals surface area contributed by atoms with Crippen molar-refractivity contribution in [3.05, 3.63) is 77.4 Å². The van der Waals surface area contributed by atoms with Crippen LogP contribution < -0.4 is 5.48 Å². The van der Waals surface area contributed by atoms with E-state index >= 15 is 0 Å². The molecule has 0 bridgehead atoms. The van der Waals surface area contributed by atoms with E-state index in [0.717, 1.165) is 16.7 Å². The molecule has 0 aliphatic carbocycles. The van der Waals surface area contributed by atoms with Crippen molar-refractivity contribution in [3.8, 4) is 0 Å². The van der Waals surface area contributed by atoms with E-state index in [1.54, 1.807) is 12.1 Å². The van der Waals surface area contributed by atoms with Crippen LogP contribution in [0.15, 0.2) is 55.1 Å². The van der Waals surface area contributed by atoms with E-state index in [9.17, 15) is 4.79 Å². The Labute approximate surface area is 149 Å². The predicted octanol–water partition coefficient (Wildman–Crippen LogP) is 4.30. The van der Waals surface area contributed by atoms with Crippen molar-refractivity contribution in [3.63, 3.8) is 0 Å². The molecule has 0 amide bonds. The third-order valence-electron chi connectivity index (χ3n) is 3.91. The molecule has 0 atom stereocenters. The zero-order valence-corrected chi connectivity index (χ0v) is 15.0. The van der Waals surface area contributed by atoms with Crippen LogP contribution in [-0.2, 0) is 28.1 Å². The van der Waals surface area contributed by atoms with E-state index < -0.39 is 5.97 Å². The van der Waals surface area contributed by atoms with E-state index in [0.29, 0.717) is 12.3 Å². The molecule has 0 aromatic heterocycles. The van der Waals surface area contributed by atoms with Crippen molar-refractivity contribution in [1.82, 2.24) is 5.48 Å². The van der Waals surface area contributed by atoms with Crippen molar-refractivity contribution in [1.29, 1.82) is 0 Å². The number of carbonyl (C=O) groups is 1. The smallest absolute Gasteiger partial charge is 0.307 e. The summed E-state index contributed by atoms with van der Waals surface area (Å²) in [6, 6.07) is 15.6. The maximum absolute atomic E-state index is 10.7. The monoisotopic (exact) mass is 339 g/mol. The van der Waals surface area contributed by atoms with Crippen LogP contribution in [0, 0.1) is 0 Å². The van der Waals surface area contributed by atoms with Gasteiger partial charge in [0.15, 0.2) is 0 Å². The third kappa shape index (κ3) is 5.76. The van der Waals surface area contributed by atoms with Crippen molar-refractivity contribution in [2.24, 2.45) is 0 Å². The minimum Gasteiger partial charge on any atom is -0.481 e. The first-order valence-electron chi connectivity index (χ1n) is 8.23. The number of carboxylic acid groups (broad SMARTS) is 1. The minimum absolute atomic E-state index is 0.0285. The topological polar surface area (TPSA) is 58.6 Å². The van der Waals surface area contributed by atoms with Crippen molar-refractivity contribution < 1.29 is 14.7 Å². The normalized spacial score (nSPS) is 11.2. The van der Waals surface area contributed by atoms with E-state index in [1.165, 1.54) is 5.56 Å². The Morgan fingerprint density at radius 2 is 1.60 bits per heavy atom. The second kappa shape index (κ2) is 7.99. The number of benzene rings is 2. The largest absolute Gasteiger partial charge is 0.481 e. The zero-order valence-electron chi connectivity index (χ0n) is 15.0. The van der Waals surface area contributed by atoms with E-state index in [-0.39, 0.29) is 11.8 Å². The first-order chi connectivity index (χ1) is 11.8. The standard InChI is InChI=1S/C21H25NO3/c1-15(18-9-11-19(12-10-18)21(2,3)4)22-25-14-17-7-5-16(6-8-17)13-20(23)24/h5-12,22H,1,13-14H2,2-4H3,(H,23,24). The summed E-state index contributed by atoms with van der Waals surface area (Å²) in [5, 5.41) is 8.76. The highest BCUT2D eigenvalue weighted by atomic mass is 16.6. The second-order valence-electron chi connectivity index (χ2n) is 7.08. The molecule has 0 spiro atoms. The van der Waals surface area contributed by atoms with Crippen LogP contribution in [0.25, 0.3) is 5.70 Å². The molecule has 4 heteroatoms. The van der Waals surface area contributed by atoms with Gasteiger partial charge in [0, 0.05) is 0 Å². The summed E-state index contributed by atoms with van der Waals surface area (Å²) in [6.07, 6.45) is 0.0285. The summed E-state index contributed by atoms with van der Waals surface area (Å²) in [4.78, 5) is 16.2. The lowest BCUT2D eigenvalue weighted by Crippen LogP contribution is -2.13. The Kier molecular flexibility index (Phi) is 5.99. The Balaban J connectivity index is 1.85. The summed E-state index contributed by atoms with van der Waals surface area (Å²) in [6.45, 7) is 10.9. The summed E-state index contributed by atoms with van der Waals surface area (Å²) in [5.41, 5.74) is 7.66. The fourth-order valence-electron chi connectivity index (χ4n) is 2.36. The molecule has 2 rings (SSSR count). The SMILES string of the molecule is C=C(NOCc1ccc(CC(=O)O)cc1)c1ccc(C(C)(C)C)cc1. The first kappa shape index (κ1) is 18.7. The molecule has 132 valence electrons. The van der Waals surface area contributed by atoms with Gasteiger partial charge in [0.25, 0.3) is 0 Å². The lowest BCUT2D eigenvalue weighted by molar-refractivity contribution is -0.136. The van der Waals surface area contributed by atoms with Gasteiger partial charge < -0.3 is 5.11 Å². The highest BCUT2D eigenvalue weighted by Gasteiger charge is 2.13. The summed E-state index contributed by atoms with van der Waals surface area (Å²) >= 11 is 0. The average molecular weight is 339 g/mol. The molecule has 2 aromatic rings. The fourth-order valence-corrected chi connectivity index (χ4v) is 2.36. The first-order valence-corrected chi connectivity index (χ1v) is 8.23. The van der Waals surface area contributed by atoms with Gasteiger partial charge >= 0.3 is 5.97 Å². The van der Waals surface area contributed by atoms with Gasteiger partial charge in [0.2, 0.25) is 0 Å². The van der Waals surface area contributed by atoms with Crippen molar-refractivity contribution >= 4 is 11.7 Å². The van der Waals surface area contributed by atoms with Gasteiger partial charge in [-0.3, -0.25) is 15.1 Å². The number of hydroxylamine groups is 1. The molecule has 2 aromatic carbocycles. The lowest BCUT2D eigenvalue weighted by Gasteiger charge is -2.19. The van der Waals surface area contributed by atoms with Crippen LogP contribution in [0.2, 0.25) is 0 Å². The number of hydrogen-bond acceptors (Lipinski definition) is 3. The minimum atomic E-state index is -0.834. The van der Waals surface area contributed by atoms with E-state index in [1.807, 2.05) is 24.3 Å². The van der Waals surface area contributed by atoms with Crippen LogP contribution in [0.3, 0.4) is 0 Å². The van der Waals surface area contributed by atoms with Gasteiger partial charge in [-0.05, 0) is 27.7 Å². The molecule has 0 radical (unpaired) electrons. The molecular formula is C21H25NO3. The Hall–Kier alpha value is -2.59. The van der Waals surface area contributed by atoms with Gasteiger partial charge in [-0.15, -0.1) is 0 Å². The van der Waals surface area contributed by atoms with Crippen LogP contribution >= 0.6 is 0 Å². The molecule has 0 saturated heterocycles. The van der Waals surface area contributed by atoms with E-state index in [4.69, 9.17) is 9.94 Å². The molecule has 25 heavy (non-hydrogen) atoms. The third-order valence-corrected chi connectivity index (χ3v) is 3.91. The van der Waals surface area contributed by atoms with Crippen LogP contribution in [-0.4, -0.2) is 11.1 Å². The Morgan fingerprint density at radius 3 is 2.12 bits per heavy atom. The molecule has 4 nitrogen and oxygen atoms in total. The molecule has 0 aliphatic heterocycles. The van der Waals surface area contributed by atoms with Crippen LogP contribution in [0.1, 0.15) is 43.0 Å². The summed E-state index contributed by atoms with van der Waals surface area (Å²) in [7, 11) is 0. The maximum atomic E-state index is 10.7. The predicted molar refractivity (Wildman–Crippen MR) is 99.9 cm³/mol. The van der Waals surface area contributed by atoms with Gasteiger partial charge in [-0.25, -0.2) is 0 Å². The number of carboxylic acids is 1. The fraction of sp³-hybridized carbons (Fsp3) is 0.286.